The Morgan fingerprint density at radius 2 is 2.04 bits per heavy atom. The van der Waals surface area contributed by atoms with Crippen molar-refractivity contribution in [3.05, 3.63) is 18.2 Å². The van der Waals surface area contributed by atoms with Crippen LogP contribution in [0.5, 0.6) is 11.5 Å². The highest BCUT2D eigenvalue weighted by atomic mass is 16.7. The van der Waals surface area contributed by atoms with E-state index in [2.05, 4.69) is 41.2 Å². The molecular formula is C18H27N3O3. The number of benzene rings is 1. The predicted molar refractivity (Wildman–Crippen MR) is 93.7 cm³/mol. The highest BCUT2D eigenvalue weighted by molar-refractivity contribution is 5.76. The zero-order chi connectivity index (χ0) is 17.1. The van der Waals surface area contributed by atoms with E-state index in [1.807, 2.05) is 6.07 Å². The van der Waals surface area contributed by atoms with Crippen molar-refractivity contribution in [3.8, 4) is 11.5 Å². The van der Waals surface area contributed by atoms with Crippen molar-refractivity contribution < 1.29 is 14.3 Å². The molecule has 24 heavy (non-hydrogen) atoms. The minimum absolute atomic E-state index is 0.104. The Morgan fingerprint density at radius 1 is 1.33 bits per heavy atom. The van der Waals surface area contributed by atoms with E-state index in [9.17, 15) is 4.79 Å². The fraction of sp³-hybridized carbons (Fsp3) is 0.611. The van der Waals surface area contributed by atoms with Crippen molar-refractivity contribution >= 4 is 11.6 Å². The van der Waals surface area contributed by atoms with Gasteiger partial charge in [-0.2, -0.15) is 0 Å². The van der Waals surface area contributed by atoms with Gasteiger partial charge in [0, 0.05) is 50.4 Å². The fourth-order valence-corrected chi connectivity index (χ4v) is 3.49. The van der Waals surface area contributed by atoms with Gasteiger partial charge in [-0.05, 0) is 38.9 Å². The van der Waals surface area contributed by atoms with Crippen molar-refractivity contribution in [2.75, 3.05) is 38.9 Å². The van der Waals surface area contributed by atoms with Crippen molar-refractivity contribution in [1.29, 1.82) is 0 Å². The molecule has 6 heteroatoms. The van der Waals surface area contributed by atoms with Crippen LogP contribution in [0.4, 0.5) is 5.69 Å². The maximum atomic E-state index is 11.6. The molecule has 0 saturated carbocycles. The van der Waals surface area contributed by atoms with Crippen LogP contribution >= 0.6 is 0 Å². The van der Waals surface area contributed by atoms with Gasteiger partial charge in [0.15, 0.2) is 11.5 Å². The highest BCUT2D eigenvalue weighted by Gasteiger charge is 2.27. The molecular weight excluding hydrogens is 306 g/mol. The van der Waals surface area contributed by atoms with Crippen LogP contribution in [-0.2, 0) is 4.79 Å². The van der Waals surface area contributed by atoms with Crippen LogP contribution in [0.15, 0.2) is 18.2 Å². The molecule has 0 spiro atoms. The molecule has 2 heterocycles. The molecule has 1 saturated heterocycles. The van der Waals surface area contributed by atoms with Gasteiger partial charge in [0.05, 0.1) is 0 Å². The summed E-state index contributed by atoms with van der Waals surface area (Å²) in [4.78, 5) is 16.3. The second-order valence-corrected chi connectivity index (χ2v) is 6.65. The molecule has 0 radical (unpaired) electrons. The molecule has 2 aliphatic rings. The molecule has 6 nitrogen and oxygen atoms in total. The zero-order valence-electron chi connectivity index (χ0n) is 14.7. The number of carbonyl (C=O) groups is 1. The SMILES string of the molecule is CNC(=O)CC(C)N(C)C1CCN(c2ccc3c(c2)OCO3)CC1. The number of ether oxygens (including phenoxy) is 2. The molecule has 0 aliphatic carbocycles. The number of hydrogen-bond donors (Lipinski definition) is 1. The fourth-order valence-electron chi connectivity index (χ4n) is 3.49. The highest BCUT2D eigenvalue weighted by Crippen LogP contribution is 2.36. The lowest BCUT2D eigenvalue weighted by Crippen LogP contribution is -2.47. The van der Waals surface area contributed by atoms with Crippen molar-refractivity contribution in [2.24, 2.45) is 0 Å². The second kappa shape index (κ2) is 7.30. The Morgan fingerprint density at radius 3 is 2.75 bits per heavy atom. The third-order valence-corrected chi connectivity index (χ3v) is 5.22. The maximum absolute atomic E-state index is 11.6. The average Bonchev–Trinajstić information content (AvgIpc) is 3.08. The zero-order valence-corrected chi connectivity index (χ0v) is 14.7. The molecule has 1 aromatic carbocycles. The van der Waals surface area contributed by atoms with Crippen LogP contribution in [0.2, 0.25) is 0 Å². The number of fused-ring (bicyclic) bond motifs is 1. The smallest absolute Gasteiger partial charge is 0.231 e. The summed E-state index contributed by atoms with van der Waals surface area (Å²) in [5, 5.41) is 2.71. The van der Waals surface area contributed by atoms with Crippen LogP contribution < -0.4 is 19.7 Å². The quantitative estimate of drug-likeness (QED) is 0.891. The van der Waals surface area contributed by atoms with E-state index < -0.39 is 0 Å². The van der Waals surface area contributed by atoms with E-state index in [1.54, 1.807) is 7.05 Å². The molecule has 1 aromatic rings. The average molecular weight is 333 g/mol. The Hall–Kier alpha value is -1.95. The van der Waals surface area contributed by atoms with Gasteiger partial charge in [0.25, 0.3) is 0 Å². The van der Waals surface area contributed by atoms with Gasteiger partial charge in [-0.3, -0.25) is 4.79 Å². The first kappa shape index (κ1) is 16.9. The van der Waals surface area contributed by atoms with Crippen molar-refractivity contribution in [2.45, 2.75) is 38.3 Å². The Balaban J connectivity index is 1.54. The third-order valence-electron chi connectivity index (χ3n) is 5.22. The summed E-state index contributed by atoms with van der Waals surface area (Å²) >= 11 is 0. The summed E-state index contributed by atoms with van der Waals surface area (Å²) < 4.78 is 10.8. The molecule has 3 rings (SSSR count). The first-order valence-electron chi connectivity index (χ1n) is 8.65. The molecule has 0 aromatic heterocycles. The number of nitrogens with one attached hydrogen (secondary N) is 1. The van der Waals surface area contributed by atoms with Gasteiger partial charge in [0.2, 0.25) is 12.7 Å². The predicted octanol–water partition coefficient (Wildman–Crippen LogP) is 1.84. The summed E-state index contributed by atoms with van der Waals surface area (Å²) in [6.45, 7) is 4.47. The van der Waals surface area contributed by atoms with Crippen LogP contribution in [0.25, 0.3) is 0 Å². The van der Waals surface area contributed by atoms with Crippen LogP contribution in [0.3, 0.4) is 0 Å². The number of carbonyl (C=O) groups excluding carboxylic acids is 1. The summed E-state index contributed by atoms with van der Waals surface area (Å²) in [6, 6.07) is 6.94. The normalized spacial score (nSPS) is 18.8. The molecule has 132 valence electrons. The van der Waals surface area contributed by atoms with Crippen LogP contribution in [-0.4, -0.2) is 56.9 Å². The molecule has 0 bridgehead atoms. The summed E-state index contributed by atoms with van der Waals surface area (Å²) in [7, 11) is 3.83. The summed E-state index contributed by atoms with van der Waals surface area (Å²) in [5.74, 6) is 1.77. The lowest BCUT2D eigenvalue weighted by atomic mass is 10.0. The van der Waals surface area contributed by atoms with Crippen LogP contribution in [0.1, 0.15) is 26.2 Å². The lowest BCUT2D eigenvalue weighted by Gasteiger charge is -2.40. The maximum Gasteiger partial charge on any atom is 0.231 e. The number of nitrogens with zero attached hydrogens (tertiary/aromatic N) is 2. The van der Waals surface area contributed by atoms with Gasteiger partial charge in [-0.25, -0.2) is 0 Å². The van der Waals surface area contributed by atoms with Gasteiger partial charge in [0.1, 0.15) is 0 Å². The van der Waals surface area contributed by atoms with Crippen molar-refractivity contribution in [3.63, 3.8) is 0 Å². The van der Waals surface area contributed by atoms with E-state index in [0.29, 0.717) is 19.3 Å². The van der Waals surface area contributed by atoms with E-state index >= 15 is 0 Å². The van der Waals surface area contributed by atoms with Gasteiger partial charge in [-0.1, -0.05) is 0 Å². The van der Waals surface area contributed by atoms with Gasteiger partial charge in [-0.15, -0.1) is 0 Å². The molecule has 1 atom stereocenters. The molecule has 2 aliphatic heterocycles. The Labute approximate surface area is 143 Å². The second-order valence-electron chi connectivity index (χ2n) is 6.65. The van der Waals surface area contributed by atoms with Crippen molar-refractivity contribution in [1.82, 2.24) is 10.2 Å². The van der Waals surface area contributed by atoms with E-state index in [1.165, 1.54) is 5.69 Å². The molecule has 1 unspecified atom stereocenters. The van der Waals surface area contributed by atoms with Gasteiger partial charge >= 0.3 is 0 Å². The Bertz CT molecular complexity index is 585. The molecule has 1 fully saturated rings. The van der Waals surface area contributed by atoms with Crippen LogP contribution in [0, 0.1) is 0 Å². The van der Waals surface area contributed by atoms with E-state index in [4.69, 9.17) is 9.47 Å². The molecule has 1 N–H and O–H groups in total. The Kier molecular flexibility index (Phi) is 5.14. The standard InChI is InChI=1S/C18H27N3O3/c1-13(10-18(22)19-2)20(3)14-6-8-21(9-7-14)15-4-5-16-17(11-15)24-12-23-16/h4-5,11,13-14H,6-10,12H2,1-3H3,(H,19,22). The first-order chi connectivity index (χ1) is 11.6. The third kappa shape index (κ3) is 3.59. The largest absolute Gasteiger partial charge is 0.454 e. The summed E-state index contributed by atoms with van der Waals surface area (Å²) in [5.41, 5.74) is 1.19. The first-order valence-corrected chi connectivity index (χ1v) is 8.65. The summed E-state index contributed by atoms with van der Waals surface area (Å²) in [6.07, 6.45) is 2.75. The monoisotopic (exact) mass is 333 g/mol. The minimum atomic E-state index is 0.104. The van der Waals surface area contributed by atoms with E-state index in [-0.39, 0.29) is 11.9 Å². The topological polar surface area (TPSA) is 54.0 Å². The number of piperidine rings is 1. The van der Waals surface area contributed by atoms with E-state index in [0.717, 1.165) is 37.4 Å². The number of amides is 1. The molecule has 1 amide bonds. The lowest BCUT2D eigenvalue weighted by molar-refractivity contribution is -0.121. The number of anilines is 1. The number of rotatable bonds is 5. The minimum Gasteiger partial charge on any atom is -0.454 e. The van der Waals surface area contributed by atoms with Gasteiger partial charge < -0.3 is 24.6 Å². The number of hydrogen-bond acceptors (Lipinski definition) is 5.